The highest BCUT2D eigenvalue weighted by Crippen LogP contribution is 2.21. The molecule has 4 rings (SSSR count). The molecule has 0 saturated carbocycles. The summed E-state index contributed by atoms with van der Waals surface area (Å²) in [5, 5.41) is 0. The van der Waals surface area contributed by atoms with Crippen molar-refractivity contribution in [3.8, 4) is 6.01 Å². The number of nitrogen functional groups attached to an aromatic ring is 1. The van der Waals surface area contributed by atoms with E-state index in [2.05, 4.69) is 50.9 Å². The number of nitrogens with one attached hydrogen (secondary N) is 1. The SMILES string of the molecule is CCCCOc1nc(N)c2[nH]c(=O)n(CCCN(Cc3cccc(CC(=O)OC)c3)C3CCN(C)CC3)c2n1. The number of hydrogen-bond acceptors (Lipinski definition) is 9. The molecule has 0 unspecified atom stereocenters. The summed E-state index contributed by atoms with van der Waals surface area (Å²) in [5.41, 5.74) is 8.88. The molecule has 3 heterocycles. The Morgan fingerprint density at radius 3 is 2.72 bits per heavy atom. The molecule has 0 atom stereocenters. The van der Waals surface area contributed by atoms with Crippen LogP contribution in [-0.2, 0) is 29.0 Å². The van der Waals surface area contributed by atoms with E-state index in [-0.39, 0.29) is 29.9 Å². The number of aromatic nitrogens is 4. The number of nitrogens with zero attached hydrogens (tertiary/aromatic N) is 5. The number of imidazole rings is 1. The minimum absolute atomic E-state index is 0.195. The van der Waals surface area contributed by atoms with Crippen LogP contribution in [0.2, 0.25) is 0 Å². The first-order valence-corrected chi connectivity index (χ1v) is 13.8. The van der Waals surface area contributed by atoms with Crippen LogP contribution in [0, 0.1) is 0 Å². The van der Waals surface area contributed by atoms with E-state index in [4.69, 9.17) is 15.2 Å². The van der Waals surface area contributed by atoms with Crippen molar-refractivity contribution < 1.29 is 14.3 Å². The van der Waals surface area contributed by atoms with Gasteiger partial charge in [0.25, 0.3) is 0 Å². The zero-order valence-corrected chi connectivity index (χ0v) is 23.3. The largest absolute Gasteiger partial charge is 0.469 e. The van der Waals surface area contributed by atoms with Gasteiger partial charge in [0.05, 0.1) is 20.1 Å². The third-order valence-electron chi connectivity index (χ3n) is 7.34. The summed E-state index contributed by atoms with van der Waals surface area (Å²) in [6, 6.07) is 8.78. The van der Waals surface area contributed by atoms with Crippen LogP contribution < -0.4 is 16.2 Å². The fourth-order valence-electron chi connectivity index (χ4n) is 5.10. The highest BCUT2D eigenvalue weighted by Gasteiger charge is 2.24. The maximum absolute atomic E-state index is 12.8. The zero-order chi connectivity index (χ0) is 27.8. The molecule has 212 valence electrons. The number of carbonyl (C=O) groups is 1. The van der Waals surface area contributed by atoms with Crippen molar-refractivity contribution in [2.45, 2.75) is 64.6 Å². The molecule has 0 aliphatic carbocycles. The Hall–Kier alpha value is -3.44. The molecule has 0 amide bonds. The lowest BCUT2D eigenvalue weighted by atomic mass is 10.0. The number of fused-ring (bicyclic) bond motifs is 1. The number of H-pyrrole nitrogens is 1. The van der Waals surface area contributed by atoms with Gasteiger partial charge in [-0.3, -0.25) is 14.3 Å². The molecule has 1 saturated heterocycles. The maximum atomic E-state index is 12.8. The van der Waals surface area contributed by atoms with Gasteiger partial charge in [-0.2, -0.15) is 9.97 Å². The van der Waals surface area contributed by atoms with Crippen LogP contribution in [0.4, 0.5) is 5.82 Å². The first kappa shape index (κ1) is 28.6. The first-order valence-electron chi connectivity index (χ1n) is 13.8. The highest BCUT2D eigenvalue weighted by molar-refractivity contribution is 5.81. The Morgan fingerprint density at radius 1 is 1.21 bits per heavy atom. The van der Waals surface area contributed by atoms with Crippen molar-refractivity contribution in [2.75, 3.05) is 46.1 Å². The number of hydrogen-bond donors (Lipinski definition) is 2. The summed E-state index contributed by atoms with van der Waals surface area (Å²) < 4.78 is 12.1. The molecule has 39 heavy (non-hydrogen) atoms. The van der Waals surface area contributed by atoms with E-state index in [0.29, 0.717) is 30.4 Å². The van der Waals surface area contributed by atoms with E-state index in [9.17, 15) is 9.59 Å². The number of esters is 1. The fourth-order valence-corrected chi connectivity index (χ4v) is 5.10. The molecular weight excluding hydrogens is 498 g/mol. The first-order chi connectivity index (χ1) is 18.9. The van der Waals surface area contributed by atoms with Gasteiger partial charge in [0.15, 0.2) is 11.5 Å². The molecule has 3 aromatic rings. The number of unbranched alkanes of at least 4 members (excludes halogenated alkanes) is 1. The monoisotopic (exact) mass is 539 g/mol. The maximum Gasteiger partial charge on any atom is 0.327 e. The Balaban J connectivity index is 1.48. The van der Waals surface area contributed by atoms with Crippen LogP contribution in [-0.4, -0.2) is 81.7 Å². The van der Waals surface area contributed by atoms with E-state index < -0.39 is 0 Å². The van der Waals surface area contributed by atoms with Crippen LogP contribution in [0.25, 0.3) is 11.2 Å². The van der Waals surface area contributed by atoms with Gasteiger partial charge in [0.2, 0.25) is 0 Å². The molecule has 0 bridgehead atoms. The summed E-state index contributed by atoms with van der Waals surface area (Å²) in [4.78, 5) is 41.0. The van der Waals surface area contributed by atoms with Gasteiger partial charge < -0.3 is 25.1 Å². The van der Waals surface area contributed by atoms with Crippen LogP contribution in [0.5, 0.6) is 6.01 Å². The Kier molecular flexibility index (Phi) is 9.94. The number of benzene rings is 1. The quantitative estimate of drug-likeness (QED) is 0.248. The van der Waals surface area contributed by atoms with E-state index >= 15 is 0 Å². The average Bonchev–Trinajstić information content (AvgIpc) is 3.24. The number of nitrogens with two attached hydrogens (primary N) is 1. The summed E-state index contributed by atoms with van der Waals surface area (Å²) >= 11 is 0. The van der Waals surface area contributed by atoms with Gasteiger partial charge in [-0.05, 0) is 56.9 Å². The lowest BCUT2D eigenvalue weighted by Gasteiger charge is -2.37. The summed E-state index contributed by atoms with van der Waals surface area (Å²) in [6.07, 6.45) is 5.09. The van der Waals surface area contributed by atoms with Gasteiger partial charge in [0, 0.05) is 25.7 Å². The second kappa shape index (κ2) is 13.6. The van der Waals surface area contributed by atoms with Crippen molar-refractivity contribution in [3.63, 3.8) is 0 Å². The summed E-state index contributed by atoms with van der Waals surface area (Å²) in [5.74, 6) is -0.0333. The predicted octanol–water partition coefficient (Wildman–Crippen LogP) is 2.58. The lowest BCUT2D eigenvalue weighted by molar-refractivity contribution is -0.139. The molecule has 11 nitrogen and oxygen atoms in total. The van der Waals surface area contributed by atoms with Gasteiger partial charge in [-0.1, -0.05) is 37.6 Å². The molecule has 3 N–H and O–H groups in total. The second-order valence-electron chi connectivity index (χ2n) is 10.3. The molecule has 2 aromatic heterocycles. The second-order valence-corrected chi connectivity index (χ2v) is 10.3. The van der Waals surface area contributed by atoms with E-state index in [0.717, 1.165) is 69.4 Å². The normalized spacial score (nSPS) is 14.8. The third-order valence-corrected chi connectivity index (χ3v) is 7.34. The molecule has 0 spiro atoms. The van der Waals surface area contributed by atoms with Crippen molar-refractivity contribution in [3.05, 3.63) is 45.9 Å². The molecule has 1 fully saturated rings. The number of methoxy groups -OCH3 is 1. The van der Waals surface area contributed by atoms with E-state index in [1.807, 2.05) is 12.1 Å². The van der Waals surface area contributed by atoms with Crippen molar-refractivity contribution in [2.24, 2.45) is 0 Å². The highest BCUT2D eigenvalue weighted by atomic mass is 16.5. The van der Waals surface area contributed by atoms with Crippen molar-refractivity contribution in [1.82, 2.24) is 29.3 Å². The number of ether oxygens (including phenoxy) is 2. The smallest absolute Gasteiger partial charge is 0.327 e. The number of rotatable bonds is 13. The Bertz CT molecular complexity index is 1300. The fraction of sp³-hybridized carbons (Fsp3) is 0.571. The topological polar surface area (TPSA) is 132 Å². The van der Waals surface area contributed by atoms with Gasteiger partial charge in [-0.15, -0.1) is 0 Å². The lowest BCUT2D eigenvalue weighted by Crippen LogP contribution is -2.44. The molecule has 1 aliphatic rings. The molecule has 1 aliphatic heterocycles. The van der Waals surface area contributed by atoms with Crippen LogP contribution in [0.3, 0.4) is 0 Å². The predicted molar refractivity (Wildman–Crippen MR) is 151 cm³/mol. The van der Waals surface area contributed by atoms with E-state index in [1.54, 1.807) is 4.57 Å². The number of aryl methyl sites for hydroxylation is 1. The van der Waals surface area contributed by atoms with Gasteiger partial charge in [-0.25, -0.2) is 4.79 Å². The zero-order valence-electron chi connectivity index (χ0n) is 23.3. The number of anilines is 1. The van der Waals surface area contributed by atoms with Crippen LogP contribution >= 0.6 is 0 Å². The molecule has 11 heteroatoms. The number of piperidine rings is 1. The standard InChI is InChI=1S/C28H41N7O4/c1-4-5-16-39-27-31-25(29)24-26(32-27)35(28(37)30-24)13-7-12-34(22-10-14-33(2)15-11-22)19-21-9-6-8-20(17-21)18-23(36)38-3/h6,8-9,17,22H,4-5,7,10-16,18-19H2,1-3H3,(H,30,37)(H2,29,31,32). The van der Waals surface area contributed by atoms with Crippen LogP contribution in [0.1, 0.15) is 50.2 Å². The summed E-state index contributed by atoms with van der Waals surface area (Å²) in [7, 11) is 3.57. The number of aromatic amines is 1. The number of carbonyl (C=O) groups excluding carboxylic acids is 1. The third kappa shape index (κ3) is 7.57. The molecule has 0 radical (unpaired) electrons. The Morgan fingerprint density at radius 2 is 1.97 bits per heavy atom. The minimum Gasteiger partial charge on any atom is -0.469 e. The van der Waals surface area contributed by atoms with Crippen LogP contribution in [0.15, 0.2) is 29.1 Å². The van der Waals surface area contributed by atoms with Crippen molar-refractivity contribution in [1.29, 1.82) is 0 Å². The Labute approximate surface area is 229 Å². The van der Waals surface area contributed by atoms with Gasteiger partial charge >= 0.3 is 17.7 Å². The molecule has 1 aromatic carbocycles. The van der Waals surface area contributed by atoms with Gasteiger partial charge in [0.1, 0.15) is 5.52 Å². The summed E-state index contributed by atoms with van der Waals surface area (Å²) in [6.45, 7) is 6.79. The van der Waals surface area contributed by atoms with E-state index in [1.165, 1.54) is 7.11 Å². The molecular formula is C28H41N7O4. The van der Waals surface area contributed by atoms with Crippen molar-refractivity contribution >= 4 is 23.0 Å². The minimum atomic E-state index is -0.252. The number of likely N-dealkylation sites (tertiary alicyclic amines) is 1. The average molecular weight is 540 g/mol.